The summed E-state index contributed by atoms with van der Waals surface area (Å²) in [6.07, 6.45) is 2.74. The number of fused-ring (bicyclic) bond motifs is 1. The first-order chi connectivity index (χ1) is 12.7. The van der Waals surface area contributed by atoms with E-state index in [1.807, 2.05) is 6.07 Å². The third-order valence-corrected chi connectivity index (χ3v) is 4.96. The van der Waals surface area contributed by atoms with Gasteiger partial charge in [0.1, 0.15) is 0 Å². The molecule has 2 heterocycles. The molecule has 138 valence electrons. The Labute approximate surface area is 159 Å². The quantitative estimate of drug-likeness (QED) is 0.547. The zero-order valence-electron chi connectivity index (χ0n) is 14.5. The average Bonchev–Trinajstić information content (AvgIpc) is 2.80. The van der Waals surface area contributed by atoms with E-state index in [1.165, 1.54) is 11.0 Å². The molecule has 0 aromatic heterocycles. The highest BCUT2D eigenvalue weighted by Crippen LogP contribution is 2.50. The molecule has 1 spiro atoms. The number of carbonyl (C=O) groups excluding carboxylic acids is 1. The van der Waals surface area contributed by atoms with Gasteiger partial charge in [0.05, 0.1) is 10.6 Å². The predicted molar refractivity (Wildman–Crippen MR) is 100.0 cm³/mol. The molecule has 2 aromatic rings. The number of amides is 1. The van der Waals surface area contributed by atoms with Crippen LogP contribution in [0.2, 0.25) is 5.02 Å². The number of nitrogens with zero attached hydrogens (tertiary/aromatic N) is 2. The van der Waals surface area contributed by atoms with E-state index < -0.39 is 22.3 Å². The number of hydrogen-bond donors (Lipinski definition) is 0. The molecular weight excluding hydrogens is 372 g/mol. The monoisotopic (exact) mass is 386 g/mol. The van der Waals surface area contributed by atoms with E-state index in [2.05, 4.69) is 0 Å². The van der Waals surface area contributed by atoms with Gasteiger partial charge in [-0.15, -0.1) is 0 Å². The standard InChI is InChI=1S/C19H15ClN2O5/c1-18(2)19(21(17(23)27-18)14-6-4-3-5-7-14)9-8-12-10-13(20)11-15(22(24)25)16(12)26-19/h3-11H,1-2H3/t19-/m1/s1. The smallest absolute Gasteiger partial charge is 0.418 e. The number of cyclic esters (lactones) is 1. The predicted octanol–water partition coefficient (Wildman–Crippen LogP) is 4.79. The van der Waals surface area contributed by atoms with Gasteiger partial charge >= 0.3 is 11.8 Å². The van der Waals surface area contributed by atoms with Crippen molar-refractivity contribution in [2.45, 2.75) is 25.2 Å². The minimum absolute atomic E-state index is 0.0409. The number of halogens is 1. The minimum atomic E-state index is -1.39. The largest absolute Gasteiger partial charge is 0.452 e. The molecule has 27 heavy (non-hydrogen) atoms. The molecule has 1 fully saturated rings. The van der Waals surface area contributed by atoms with Crippen molar-refractivity contribution in [3.05, 3.63) is 69.2 Å². The summed E-state index contributed by atoms with van der Waals surface area (Å²) in [5, 5.41) is 11.8. The summed E-state index contributed by atoms with van der Waals surface area (Å²) >= 11 is 6.00. The van der Waals surface area contributed by atoms with Crippen molar-refractivity contribution in [2.75, 3.05) is 4.90 Å². The zero-order chi connectivity index (χ0) is 19.4. The van der Waals surface area contributed by atoms with Crippen molar-refractivity contribution in [3.63, 3.8) is 0 Å². The fourth-order valence-corrected chi connectivity index (χ4v) is 3.64. The second-order valence-corrected chi connectivity index (χ2v) is 7.22. The third-order valence-electron chi connectivity index (χ3n) is 4.74. The molecule has 1 saturated heterocycles. The van der Waals surface area contributed by atoms with Crippen LogP contribution in [0, 0.1) is 10.1 Å². The van der Waals surface area contributed by atoms with E-state index in [-0.39, 0.29) is 16.5 Å². The molecule has 4 rings (SSSR count). The molecule has 1 atom stereocenters. The Morgan fingerprint density at radius 1 is 1.15 bits per heavy atom. The zero-order valence-corrected chi connectivity index (χ0v) is 15.3. The van der Waals surface area contributed by atoms with Crippen LogP contribution < -0.4 is 9.64 Å². The molecule has 8 heteroatoms. The first-order valence-corrected chi connectivity index (χ1v) is 8.57. The number of hydrogen-bond acceptors (Lipinski definition) is 5. The topological polar surface area (TPSA) is 81.9 Å². The van der Waals surface area contributed by atoms with Gasteiger partial charge in [-0.05, 0) is 44.2 Å². The van der Waals surface area contributed by atoms with Gasteiger partial charge in [-0.1, -0.05) is 29.8 Å². The molecule has 0 saturated carbocycles. The molecule has 7 nitrogen and oxygen atoms in total. The minimum Gasteiger partial charge on any atom is -0.452 e. The summed E-state index contributed by atoms with van der Waals surface area (Å²) in [6.45, 7) is 3.40. The number of rotatable bonds is 2. The molecule has 0 unspecified atom stereocenters. The Bertz CT molecular complexity index is 989. The lowest BCUT2D eigenvalue weighted by Gasteiger charge is -2.42. The van der Waals surface area contributed by atoms with E-state index in [0.717, 1.165) is 0 Å². The second kappa shape index (κ2) is 5.72. The normalized spacial score (nSPS) is 22.3. The van der Waals surface area contributed by atoms with Gasteiger partial charge < -0.3 is 9.47 Å². The highest BCUT2D eigenvalue weighted by Gasteiger charge is 2.63. The van der Waals surface area contributed by atoms with Crippen molar-refractivity contribution < 1.29 is 19.2 Å². The number of benzene rings is 2. The van der Waals surface area contributed by atoms with Gasteiger partial charge in [-0.25, -0.2) is 9.69 Å². The van der Waals surface area contributed by atoms with E-state index in [4.69, 9.17) is 21.1 Å². The van der Waals surface area contributed by atoms with Crippen molar-refractivity contribution in [1.29, 1.82) is 0 Å². The summed E-state index contributed by atoms with van der Waals surface area (Å²) in [5.74, 6) is 0.0409. The number of anilines is 1. The Kier molecular flexibility index (Phi) is 3.68. The van der Waals surface area contributed by atoms with Gasteiger partial charge in [0.15, 0.2) is 5.60 Å². The Balaban J connectivity index is 1.93. The van der Waals surface area contributed by atoms with Crippen LogP contribution in [0.5, 0.6) is 5.75 Å². The Hall–Kier alpha value is -3.06. The summed E-state index contributed by atoms with van der Waals surface area (Å²) in [7, 11) is 0. The number of carbonyl (C=O) groups is 1. The summed E-state index contributed by atoms with van der Waals surface area (Å²) < 4.78 is 11.7. The van der Waals surface area contributed by atoms with Crippen molar-refractivity contribution in [1.82, 2.24) is 0 Å². The first-order valence-electron chi connectivity index (χ1n) is 8.20. The maximum Gasteiger partial charge on any atom is 0.418 e. The lowest BCUT2D eigenvalue weighted by Crippen LogP contribution is -2.60. The lowest BCUT2D eigenvalue weighted by molar-refractivity contribution is -0.386. The van der Waals surface area contributed by atoms with Crippen LogP contribution in [0.15, 0.2) is 48.5 Å². The molecule has 0 N–H and O–H groups in total. The Morgan fingerprint density at radius 2 is 1.85 bits per heavy atom. The summed E-state index contributed by atoms with van der Waals surface area (Å²) in [6, 6.07) is 11.7. The van der Waals surface area contributed by atoms with Crippen molar-refractivity contribution in [2.24, 2.45) is 0 Å². The summed E-state index contributed by atoms with van der Waals surface area (Å²) in [4.78, 5) is 25.0. The average molecular weight is 387 g/mol. The van der Waals surface area contributed by atoms with Crippen LogP contribution in [0.3, 0.4) is 0 Å². The van der Waals surface area contributed by atoms with Crippen LogP contribution in [-0.2, 0) is 4.74 Å². The van der Waals surface area contributed by atoms with Gasteiger partial charge in [0.25, 0.3) is 5.72 Å². The molecule has 0 bridgehead atoms. The maximum atomic E-state index is 12.7. The van der Waals surface area contributed by atoms with E-state index in [0.29, 0.717) is 11.3 Å². The van der Waals surface area contributed by atoms with Crippen LogP contribution in [-0.4, -0.2) is 22.3 Å². The highest BCUT2D eigenvalue weighted by atomic mass is 35.5. The first kappa shape index (κ1) is 17.4. The highest BCUT2D eigenvalue weighted by molar-refractivity contribution is 6.31. The van der Waals surface area contributed by atoms with E-state index in [9.17, 15) is 14.9 Å². The fraction of sp³-hybridized carbons (Fsp3) is 0.211. The van der Waals surface area contributed by atoms with Crippen LogP contribution >= 0.6 is 11.6 Å². The molecule has 0 radical (unpaired) electrons. The van der Waals surface area contributed by atoms with Gasteiger partial charge in [-0.2, -0.15) is 0 Å². The molecule has 0 aliphatic carbocycles. The van der Waals surface area contributed by atoms with Gasteiger partial charge in [-0.3, -0.25) is 10.1 Å². The molecule has 1 amide bonds. The molecule has 2 aliphatic heterocycles. The summed E-state index contributed by atoms with van der Waals surface area (Å²) in [5.41, 5.74) is -1.76. The molecule has 2 aromatic carbocycles. The van der Waals surface area contributed by atoms with Crippen molar-refractivity contribution >= 4 is 35.1 Å². The van der Waals surface area contributed by atoms with Crippen LogP contribution in [0.1, 0.15) is 19.4 Å². The third kappa shape index (κ3) is 2.46. The fourth-order valence-electron chi connectivity index (χ4n) is 3.42. The van der Waals surface area contributed by atoms with Gasteiger partial charge in [0, 0.05) is 16.7 Å². The lowest BCUT2D eigenvalue weighted by atomic mass is 9.90. The SMILES string of the molecule is CC1(C)OC(=O)N(c2ccccc2)[C@@]12C=Cc1cc(Cl)cc([N+](=O)[O-])c1O2. The number of ether oxygens (including phenoxy) is 2. The molecular formula is C19H15ClN2O5. The number of nitro benzene ring substituents is 1. The van der Waals surface area contributed by atoms with E-state index in [1.54, 1.807) is 56.3 Å². The Morgan fingerprint density at radius 3 is 2.52 bits per heavy atom. The van der Waals surface area contributed by atoms with Crippen LogP contribution in [0.25, 0.3) is 6.08 Å². The van der Waals surface area contributed by atoms with Gasteiger partial charge in [0.2, 0.25) is 5.75 Å². The van der Waals surface area contributed by atoms with E-state index >= 15 is 0 Å². The maximum absolute atomic E-state index is 12.7. The second-order valence-electron chi connectivity index (χ2n) is 6.78. The van der Waals surface area contributed by atoms with Crippen LogP contribution in [0.4, 0.5) is 16.2 Å². The molecule has 2 aliphatic rings. The number of nitro groups is 1. The van der Waals surface area contributed by atoms with Crippen molar-refractivity contribution in [3.8, 4) is 5.75 Å². The number of para-hydroxylation sites is 1.